The van der Waals surface area contributed by atoms with Crippen LogP contribution in [0.1, 0.15) is 118 Å². The highest BCUT2D eigenvalue weighted by Gasteiger charge is 2.56. The number of cyclic esters (lactones) is 1. The van der Waals surface area contributed by atoms with Crippen LogP contribution in [0.4, 0.5) is 0 Å². The maximum absolute atomic E-state index is 14.5. The van der Waals surface area contributed by atoms with Crippen molar-refractivity contribution in [2.75, 3.05) is 34.5 Å². The minimum atomic E-state index is -2.51. The molecule has 1 aromatic carbocycles. The normalized spacial score (nSPS) is 36.4. The van der Waals surface area contributed by atoms with Crippen LogP contribution in [0.25, 0.3) is 6.08 Å². The van der Waals surface area contributed by atoms with Crippen LogP contribution in [-0.2, 0) is 47.6 Å². The molecule has 14 heteroatoms. The highest BCUT2D eigenvalue weighted by molar-refractivity contribution is 6.39. The van der Waals surface area contributed by atoms with Gasteiger partial charge in [0.2, 0.25) is 5.79 Å². The number of hydrogen-bond acceptors (Lipinski definition) is 12. The van der Waals surface area contributed by atoms with Crippen molar-refractivity contribution in [1.29, 1.82) is 0 Å². The number of hydrogen-bond donors (Lipinski definition) is 2. The predicted octanol–water partition coefficient (Wildman–Crippen LogP) is 7.86. The Bertz CT molecular complexity index is 1880. The maximum atomic E-state index is 14.5. The number of carbonyl (C=O) groups is 4. The minimum Gasteiger partial charge on any atom is -0.456 e. The number of nitrogens with zero attached hydrogens (tertiary/aromatic N) is 1. The standard InChI is InChI=1S/C52H76ClNO12/c1-10-38-25-31(2)24-32(3)26-45(62-8)48-46(63-9)28-34(5)52(60,66-48)49(57)50(58)54-22-12-11-15-40(54)51(59)65-47(35(6)41(55)30-42(38)56)33(4)27-37-18-21-43(44(29-37)61-7)64-23-13-14-36-16-19-39(53)20-17-36/h13-14,16-17,19-20,25,27,32,34-35,37-38,40-41,43-48,55,60H,10-12,15,18,21-24,26,28-30H2,1-9H3. The van der Waals surface area contributed by atoms with Crippen molar-refractivity contribution in [3.63, 3.8) is 0 Å². The van der Waals surface area contributed by atoms with Crippen LogP contribution < -0.4 is 0 Å². The number of halogens is 1. The number of esters is 1. The topological polar surface area (TPSA) is 167 Å². The van der Waals surface area contributed by atoms with E-state index in [1.54, 1.807) is 21.0 Å². The fourth-order valence-corrected chi connectivity index (χ4v) is 10.6. The summed E-state index contributed by atoms with van der Waals surface area (Å²) in [5, 5.41) is 24.6. The molecule has 2 bridgehead atoms. The van der Waals surface area contributed by atoms with Crippen LogP contribution in [0.3, 0.4) is 0 Å². The number of ether oxygens (including phenoxy) is 6. The van der Waals surface area contributed by atoms with E-state index in [1.165, 1.54) is 19.1 Å². The first-order chi connectivity index (χ1) is 31.4. The molecular formula is C52H76ClNO12. The molecule has 0 radical (unpaired) electrons. The third kappa shape index (κ3) is 13.5. The van der Waals surface area contributed by atoms with Gasteiger partial charge in [0, 0.05) is 57.1 Å². The van der Waals surface area contributed by atoms with E-state index in [1.807, 2.05) is 63.3 Å². The molecule has 0 spiro atoms. The molecule has 14 atom stereocenters. The highest BCUT2D eigenvalue weighted by atomic mass is 35.5. The molecule has 4 aliphatic rings. The SMILES string of the molecule is CCC1C=C(C)CC(C)CC(OC)C2OC(O)(C(=O)C(=O)N3CCCCC3C(=O)OC(C(C)=CC3CCC(OCC=Cc4ccc(Cl)cc4)C(OC)C3)C(C)C(O)CC1=O)C(C)CC2OC. The lowest BCUT2D eigenvalue weighted by atomic mass is 9.81. The average molecular weight is 943 g/mol. The summed E-state index contributed by atoms with van der Waals surface area (Å²) in [4.78, 5) is 58.4. The molecule has 1 aromatic rings. The zero-order chi connectivity index (χ0) is 48.3. The maximum Gasteiger partial charge on any atom is 0.329 e. The summed E-state index contributed by atoms with van der Waals surface area (Å²) < 4.78 is 36.6. The number of piperidine rings is 1. The van der Waals surface area contributed by atoms with Crippen LogP contribution in [0.2, 0.25) is 5.02 Å². The molecule has 14 unspecified atom stereocenters. The number of benzene rings is 1. The Balaban J connectivity index is 1.44. The van der Waals surface area contributed by atoms with Gasteiger partial charge in [0.05, 0.1) is 37.1 Å². The molecule has 3 aliphatic heterocycles. The van der Waals surface area contributed by atoms with E-state index in [4.69, 9.17) is 40.0 Å². The number of methoxy groups -OCH3 is 3. The Morgan fingerprint density at radius 2 is 1.59 bits per heavy atom. The Morgan fingerprint density at radius 1 is 0.909 bits per heavy atom. The molecule has 3 fully saturated rings. The van der Waals surface area contributed by atoms with Gasteiger partial charge in [0.15, 0.2) is 0 Å². The van der Waals surface area contributed by atoms with Crippen LogP contribution in [-0.4, -0.2) is 128 Å². The number of aliphatic hydroxyl groups excluding tert-OH is 1. The zero-order valence-corrected chi connectivity index (χ0v) is 41.4. The van der Waals surface area contributed by atoms with Gasteiger partial charge in [-0.1, -0.05) is 81.3 Å². The van der Waals surface area contributed by atoms with Gasteiger partial charge in [-0.25, -0.2) is 4.79 Å². The van der Waals surface area contributed by atoms with Gasteiger partial charge < -0.3 is 43.5 Å². The van der Waals surface area contributed by atoms with Crippen molar-refractivity contribution in [3.05, 3.63) is 64.2 Å². The van der Waals surface area contributed by atoms with E-state index in [-0.39, 0.29) is 55.6 Å². The third-order valence-corrected chi connectivity index (χ3v) is 14.7. The van der Waals surface area contributed by atoms with Crippen LogP contribution in [0.15, 0.2) is 53.6 Å². The third-order valence-electron chi connectivity index (χ3n) is 14.5. The second-order valence-corrected chi connectivity index (χ2v) is 19.9. The molecule has 368 valence electrons. The van der Waals surface area contributed by atoms with E-state index in [0.717, 1.165) is 24.0 Å². The first kappa shape index (κ1) is 53.7. The number of fused-ring (bicyclic) bond motifs is 3. The molecule has 2 saturated heterocycles. The van der Waals surface area contributed by atoms with Crippen molar-refractivity contribution in [1.82, 2.24) is 4.90 Å². The largest absolute Gasteiger partial charge is 0.456 e. The second kappa shape index (κ2) is 24.8. The molecule has 1 aliphatic carbocycles. The fourth-order valence-electron chi connectivity index (χ4n) is 10.5. The van der Waals surface area contributed by atoms with Gasteiger partial charge in [-0.2, -0.15) is 0 Å². The monoisotopic (exact) mass is 942 g/mol. The second-order valence-electron chi connectivity index (χ2n) is 19.4. The smallest absolute Gasteiger partial charge is 0.329 e. The number of aliphatic hydroxyl groups is 2. The molecule has 13 nitrogen and oxygen atoms in total. The van der Waals surface area contributed by atoms with Crippen molar-refractivity contribution < 1.29 is 57.8 Å². The van der Waals surface area contributed by atoms with E-state index in [0.29, 0.717) is 55.7 Å². The molecule has 1 amide bonds. The van der Waals surface area contributed by atoms with E-state index >= 15 is 0 Å². The number of carbonyl (C=O) groups excluding carboxylic acids is 4. The molecule has 0 aromatic heterocycles. The van der Waals surface area contributed by atoms with Crippen LogP contribution in [0.5, 0.6) is 0 Å². The van der Waals surface area contributed by atoms with Crippen molar-refractivity contribution in [2.45, 2.75) is 167 Å². The lowest BCUT2D eigenvalue weighted by Gasteiger charge is -2.47. The van der Waals surface area contributed by atoms with Crippen molar-refractivity contribution in [3.8, 4) is 0 Å². The van der Waals surface area contributed by atoms with Gasteiger partial charge in [0.1, 0.15) is 24.0 Å². The van der Waals surface area contributed by atoms with Crippen LogP contribution >= 0.6 is 11.6 Å². The Morgan fingerprint density at radius 3 is 2.26 bits per heavy atom. The summed E-state index contributed by atoms with van der Waals surface area (Å²) in [6.45, 7) is 11.8. The Hall–Kier alpha value is -3.27. The first-order valence-corrected chi connectivity index (χ1v) is 24.5. The lowest BCUT2D eigenvalue weighted by molar-refractivity contribution is -0.302. The fraction of sp³-hybridized carbons (Fsp3) is 0.692. The van der Waals surface area contributed by atoms with Gasteiger partial charge in [-0.15, -0.1) is 0 Å². The summed E-state index contributed by atoms with van der Waals surface area (Å²) >= 11 is 6.03. The van der Waals surface area contributed by atoms with E-state index < -0.39 is 77.8 Å². The zero-order valence-electron chi connectivity index (χ0n) is 40.6. The van der Waals surface area contributed by atoms with Crippen LogP contribution in [0, 0.1) is 29.6 Å². The number of ketones is 2. The Kier molecular flexibility index (Phi) is 20.2. The van der Waals surface area contributed by atoms with Gasteiger partial charge in [-0.05, 0) is 113 Å². The van der Waals surface area contributed by atoms with Gasteiger partial charge >= 0.3 is 5.97 Å². The summed E-state index contributed by atoms with van der Waals surface area (Å²) in [5.41, 5.74) is 2.71. The quantitative estimate of drug-likeness (QED) is 0.133. The molecule has 2 N–H and O–H groups in total. The van der Waals surface area contributed by atoms with Crippen molar-refractivity contribution in [2.24, 2.45) is 29.6 Å². The molecule has 5 rings (SSSR count). The number of allylic oxidation sites excluding steroid dienone is 3. The highest BCUT2D eigenvalue weighted by Crippen LogP contribution is 2.39. The number of Topliss-reactive ketones (excluding diaryl/α,β-unsaturated/α-hetero) is 2. The summed E-state index contributed by atoms with van der Waals surface area (Å²) in [6, 6.07) is 6.43. The Labute approximate surface area is 397 Å². The molecule has 1 saturated carbocycles. The summed E-state index contributed by atoms with van der Waals surface area (Å²) in [6.07, 6.45) is 8.68. The lowest BCUT2D eigenvalue weighted by Crippen LogP contribution is -2.64. The first-order valence-electron chi connectivity index (χ1n) is 24.1. The molecule has 66 heavy (non-hydrogen) atoms. The van der Waals surface area contributed by atoms with Crippen molar-refractivity contribution >= 4 is 41.1 Å². The summed E-state index contributed by atoms with van der Waals surface area (Å²) in [7, 11) is 4.75. The molecule has 3 heterocycles. The number of amides is 1. The van der Waals surface area contributed by atoms with Gasteiger partial charge in [0.25, 0.3) is 11.7 Å². The number of rotatable bonds is 10. The predicted molar refractivity (Wildman–Crippen MR) is 252 cm³/mol. The summed E-state index contributed by atoms with van der Waals surface area (Å²) in [5.74, 6) is -7.49. The van der Waals surface area contributed by atoms with E-state index in [9.17, 15) is 29.4 Å². The molecular weight excluding hydrogens is 866 g/mol. The van der Waals surface area contributed by atoms with E-state index in [2.05, 4.69) is 13.0 Å². The average Bonchev–Trinajstić information content (AvgIpc) is 3.30. The van der Waals surface area contributed by atoms with Gasteiger partial charge in [-0.3, -0.25) is 14.4 Å². The minimum absolute atomic E-state index is 0.0250.